The molecule has 0 aliphatic heterocycles. The fourth-order valence-electron chi connectivity index (χ4n) is 2.33. The molecule has 0 atom stereocenters. The Labute approximate surface area is 147 Å². The highest BCUT2D eigenvalue weighted by atomic mass is 32.2. The summed E-state index contributed by atoms with van der Waals surface area (Å²) in [7, 11) is -3.63. The minimum absolute atomic E-state index is 0.205. The summed E-state index contributed by atoms with van der Waals surface area (Å²) in [5, 5.41) is 0. The van der Waals surface area contributed by atoms with Crippen molar-refractivity contribution in [3.63, 3.8) is 0 Å². The summed E-state index contributed by atoms with van der Waals surface area (Å²) in [5.74, 6) is 0. The van der Waals surface area contributed by atoms with Crippen molar-refractivity contribution in [1.29, 1.82) is 0 Å². The molecule has 0 saturated heterocycles. The normalized spacial score (nSPS) is 11.8. The van der Waals surface area contributed by atoms with Crippen LogP contribution in [0.4, 0.5) is 0 Å². The van der Waals surface area contributed by atoms with E-state index in [-0.39, 0.29) is 11.5 Å². The SMILES string of the molecule is CCCCCCCCOCCCCOS(=O)(=O)c1ccc(C)cc1. The molecule has 138 valence electrons. The van der Waals surface area contributed by atoms with Crippen molar-refractivity contribution in [1.82, 2.24) is 0 Å². The van der Waals surface area contributed by atoms with Gasteiger partial charge in [0.2, 0.25) is 0 Å². The van der Waals surface area contributed by atoms with Crippen LogP contribution in [0.2, 0.25) is 0 Å². The number of benzene rings is 1. The Morgan fingerprint density at radius 2 is 1.33 bits per heavy atom. The van der Waals surface area contributed by atoms with Crippen LogP contribution in [0, 0.1) is 6.92 Å². The van der Waals surface area contributed by atoms with Crippen LogP contribution in [-0.2, 0) is 19.0 Å². The van der Waals surface area contributed by atoms with Crippen molar-refractivity contribution in [2.24, 2.45) is 0 Å². The molecule has 0 aliphatic carbocycles. The summed E-state index contributed by atoms with van der Waals surface area (Å²) in [4.78, 5) is 0.215. The molecule has 0 aliphatic rings. The van der Waals surface area contributed by atoms with Crippen LogP contribution in [0.15, 0.2) is 29.2 Å². The Balaban J connectivity index is 2.01. The van der Waals surface area contributed by atoms with Crippen LogP contribution in [0.25, 0.3) is 0 Å². The van der Waals surface area contributed by atoms with E-state index in [1.807, 2.05) is 6.92 Å². The van der Waals surface area contributed by atoms with Gasteiger partial charge in [0.15, 0.2) is 0 Å². The zero-order valence-corrected chi connectivity index (χ0v) is 15.9. The number of hydrogen-bond acceptors (Lipinski definition) is 4. The second kappa shape index (κ2) is 12.5. The fraction of sp³-hybridized carbons (Fsp3) is 0.684. The minimum atomic E-state index is -3.63. The predicted molar refractivity (Wildman–Crippen MR) is 97.7 cm³/mol. The largest absolute Gasteiger partial charge is 0.381 e. The zero-order valence-electron chi connectivity index (χ0n) is 15.1. The van der Waals surface area contributed by atoms with Gasteiger partial charge in [-0.15, -0.1) is 0 Å². The van der Waals surface area contributed by atoms with Gasteiger partial charge in [-0.05, 0) is 38.3 Å². The molecular weight excluding hydrogens is 324 g/mol. The monoisotopic (exact) mass is 356 g/mol. The van der Waals surface area contributed by atoms with Crippen LogP contribution in [-0.4, -0.2) is 28.2 Å². The van der Waals surface area contributed by atoms with E-state index < -0.39 is 10.1 Å². The summed E-state index contributed by atoms with van der Waals surface area (Å²) < 4.78 is 34.6. The van der Waals surface area contributed by atoms with E-state index in [1.54, 1.807) is 24.3 Å². The molecule has 0 heterocycles. The van der Waals surface area contributed by atoms with Crippen LogP contribution >= 0.6 is 0 Å². The molecule has 0 spiro atoms. The van der Waals surface area contributed by atoms with E-state index in [0.717, 1.165) is 25.0 Å². The Morgan fingerprint density at radius 1 is 0.792 bits per heavy atom. The van der Waals surface area contributed by atoms with E-state index in [2.05, 4.69) is 6.92 Å². The molecule has 1 rings (SSSR count). The molecule has 5 heteroatoms. The maximum Gasteiger partial charge on any atom is 0.296 e. The van der Waals surface area contributed by atoms with Gasteiger partial charge in [-0.1, -0.05) is 56.7 Å². The lowest BCUT2D eigenvalue weighted by molar-refractivity contribution is 0.122. The van der Waals surface area contributed by atoms with Crippen molar-refractivity contribution < 1.29 is 17.3 Å². The average molecular weight is 357 g/mol. The Morgan fingerprint density at radius 3 is 2.00 bits per heavy atom. The number of aryl methyl sites for hydroxylation is 1. The summed E-state index contributed by atoms with van der Waals surface area (Å²) in [6.45, 7) is 5.81. The molecule has 0 unspecified atom stereocenters. The Kier molecular flexibility index (Phi) is 11.0. The molecule has 0 bridgehead atoms. The molecule has 0 saturated carbocycles. The highest BCUT2D eigenvalue weighted by molar-refractivity contribution is 7.86. The lowest BCUT2D eigenvalue weighted by Crippen LogP contribution is -2.08. The fourth-order valence-corrected chi connectivity index (χ4v) is 3.28. The maximum atomic E-state index is 12.0. The van der Waals surface area contributed by atoms with Gasteiger partial charge < -0.3 is 4.74 Å². The topological polar surface area (TPSA) is 52.6 Å². The van der Waals surface area contributed by atoms with Crippen molar-refractivity contribution >= 4 is 10.1 Å². The lowest BCUT2D eigenvalue weighted by atomic mass is 10.1. The van der Waals surface area contributed by atoms with Gasteiger partial charge in [0.25, 0.3) is 10.1 Å². The highest BCUT2D eigenvalue weighted by Crippen LogP contribution is 2.13. The molecule has 0 fully saturated rings. The smallest absolute Gasteiger partial charge is 0.296 e. The lowest BCUT2D eigenvalue weighted by Gasteiger charge is -2.07. The second-order valence-electron chi connectivity index (χ2n) is 6.18. The third kappa shape index (κ3) is 9.40. The van der Waals surface area contributed by atoms with Crippen LogP contribution in [0.5, 0.6) is 0 Å². The van der Waals surface area contributed by atoms with E-state index in [0.29, 0.717) is 13.0 Å². The van der Waals surface area contributed by atoms with Gasteiger partial charge >= 0.3 is 0 Å². The van der Waals surface area contributed by atoms with E-state index in [1.165, 1.54) is 32.1 Å². The third-order valence-electron chi connectivity index (χ3n) is 3.87. The third-order valence-corrected chi connectivity index (χ3v) is 5.20. The van der Waals surface area contributed by atoms with Gasteiger partial charge in [0.1, 0.15) is 0 Å². The average Bonchev–Trinajstić information content (AvgIpc) is 2.56. The minimum Gasteiger partial charge on any atom is -0.381 e. The first-order valence-corrected chi connectivity index (χ1v) is 10.5. The number of hydrogen-bond donors (Lipinski definition) is 0. The van der Waals surface area contributed by atoms with E-state index >= 15 is 0 Å². The Hall–Kier alpha value is -0.910. The molecule has 0 N–H and O–H groups in total. The summed E-state index contributed by atoms with van der Waals surface area (Å²) in [6.07, 6.45) is 9.07. The van der Waals surface area contributed by atoms with Gasteiger partial charge in [-0.2, -0.15) is 8.42 Å². The molecular formula is C19H32O4S. The first-order chi connectivity index (χ1) is 11.6. The number of rotatable bonds is 14. The second-order valence-corrected chi connectivity index (χ2v) is 7.79. The number of ether oxygens (including phenoxy) is 1. The van der Waals surface area contributed by atoms with Crippen molar-refractivity contribution in [2.45, 2.75) is 70.1 Å². The van der Waals surface area contributed by atoms with Crippen molar-refractivity contribution in [3.05, 3.63) is 29.8 Å². The molecule has 0 radical (unpaired) electrons. The molecule has 4 nitrogen and oxygen atoms in total. The first kappa shape index (κ1) is 21.1. The summed E-state index contributed by atoms with van der Waals surface area (Å²) in [6, 6.07) is 6.70. The van der Waals surface area contributed by atoms with Gasteiger partial charge in [0, 0.05) is 13.2 Å². The highest BCUT2D eigenvalue weighted by Gasteiger charge is 2.14. The summed E-state index contributed by atoms with van der Waals surface area (Å²) >= 11 is 0. The van der Waals surface area contributed by atoms with Gasteiger partial charge in [-0.3, -0.25) is 4.18 Å². The number of unbranched alkanes of at least 4 members (excludes halogenated alkanes) is 6. The quantitative estimate of drug-likeness (QED) is 0.353. The Bertz CT molecular complexity index is 523. The summed E-state index contributed by atoms with van der Waals surface area (Å²) in [5.41, 5.74) is 1.02. The van der Waals surface area contributed by atoms with Crippen LogP contribution < -0.4 is 0 Å². The molecule has 1 aromatic carbocycles. The standard InChI is InChI=1S/C19H32O4S/c1-3-4-5-6-7-8-15-22-16-9-10-17-23-24(20,21)19-13-11-18(2)12-14-19/h11-14H,3-10,15-17H2,1-2H3. The predicted octanol–water partition coefficient (Wildman–Crippen LogP) is 4.86. The van der Waals surface area contributed by atoms with Gasteiger partial charge in [0.05, 0.1) is 11.5 Å². The van der Waals surface area contributed by atoms with Gasteiger partial charge in [-0.25, -0.2) is 0 Å². The molecule has 1 aromatic rings. The maximum absolute atomic E-state index is 12.0. The first-order valence-electron chi connectivity index (χ1n) is 9.10. The van der Waals surface area contributed by atoms with E-state index in [4.69, 9.17) is 8.92 Å². The zero-order chi connectivity index (χ0) is 17.7. The molecule has 0 aromatic heterocycles. The van der Waals surface area contributed by atoms with Crippen LogP contribution in [0.3, 0.4) is 0 Å². The van der Waals surface area contributed by atoms with Crippen molar-refractivity contribution in [3.8, 4) is 0 Å². The van der Waals surface area contributed by atoms with Crippen LogP contribution in [0.1, 0.15) is 63.9 Å². The van der Waals surface area contributed by atoms with E-state index in [9.17, 15) is 8.42 Å². The van der Waals surface area contributed by atoms with Crippen molar-refractivity contribution in [2.75, 3.05) is 19.8 Å². The molecule has 0 amide bonds. The molecule has 24 heavy (non-hydrogen) atoms.